The zero-order chi connectivity index (χ0) is 21.5. The van der Waals surface area contributed by atoms with E-state index >= 15 is 0 Å². The average Bonchev–Trinajstić information content (AvgIpc) is 3.03. The number of rotatable bonds is 11. The predicted octanol–water partition coefficient (Wildman–Crippen LogP) is 3.42. The quantitative estimate of drug-likeness (QED) is 0.542. The first-order valence-corrected chi connectivity index (χ1v) is 11.6. The van der Waals surface area contributed by atoms with Gasteiger partial charge in [-0.3, -0.25) is 4.57 Å². The Morgan fingerprint density at radius 3 is 2.87 bits per heavy atom. The molecule has 168 valence electrons. The molecule has 0 radical (unpaired) electrons. The van der Waals surface area contributed by atoms with Gasteiger partial charge >= 0.3 is 11.7 Å². The molecule has 0 aromatic carbocycles. The van der Waals surface area contributed by atoms with Gasteiger partial charge < -0.3 is 20.4 Å². The van der Waals surface area contributed by atoms with Gasteiger partial charge in [0, 0.05) is 13.1 Å². The molecule has 1 unspecified atom stereocenters. The van der Waals surface area contributed by atoms with Gasteiger partial charge in [-0.15, -0.1) is 0 Å². The van der Waals surface area contributed by atoms with Crippen LogP contribution in [-0.4, -0.2) is 50.7 Å². The number of aryl methyl sites for hydroxylation is 1. The van der Waals surface area contributed by atoms with Gasteiger partial charge in [0.15, 0.2) is 11.5 Å². The number of hydrogen-bond donors (Lipinski definition) is 2. The summed E-state index contributed by atoms with van der Waals surface area (Å²) >= 11 is 0. The van der Waals surface area contributed by atoms with Crippen LogP contribution < -0.4 is 16.2 Å². The van der Waals surface area contributed by atoms with Crippen molar-refractivity contribution in [3.8, 4) is 6.01 Å². The molecule has 30 heavy (non-hydrogen) atoms. The van der Waals surface area contributed by atoms with Crippen LogP contribution in [0.15, 0.2) is 4.79 Å². The molecule has 2 aromatic rings. The van der Waals surface area contributed by atoms with Gasteiger partial charge in [-0.25, -0.2) is 4.79 Å². The molecule has 1 fully saturated rings. The minimum absolute atomic E-state index is 0.182. The number of piperidine rings is 1. The highest BCUT2D eigenvalue weighted by molar-refractivity contribution is 5.81. The van der Waals surface area contributed by atoms with Crippen LogP contribution in [0.5, 0.6) is 6.01 Å². The van der Waals surface area contributed by atoms with Crippen LogP contribution in [0.4, 0.5) is 5.82 Å². The summed E-state index contributed by atoms with van der Waals surface area (Å²) in [4.78, 5) is 26.5. The molecule has 3 rings (SSSR count). The first-order valence-electron chi connectivity index (χ1n) is 11.6. The second-order valence-electron chi connectivity index (χ2n) is 9.01. The fourth-order valence-corrected chi connectivity index (χ4v) is 4.18. The third-order valence-corrected chi connectivity index (χ3v) is 5.98. The maximum atomic E-state index is 12.5. The van der Waals surface area contributed by atoms with E-state index in [1.807, 2.05) is 0 Å². The molecule has 0 aliphatic carbocycles. The lowest BCUT2D eigenvalue weighted by Gasteiger charge is -2.33. The minimum Gasteiger partial charge on any atom is -0.463 e. The Morgan fingerprint density at radius 2 is 2.10 bits per heavy atom. The van der Waals surface area contributed by atoms with Gasteiger partial charge in [0.05, 0.1) is 6.61 Å². The van der Waals surface area contributed by atoms with E-state index in [2.05, 4.69) is 40.6 Å². The third-order valence-electron chi connectivity index (χ3n) is 5.98. The average molecular weight is 419 g/mol. The number of aromatic nitrogens is 4. The Morgan fingerprint density at radius 1 is 1.27 bits per heavy atom. The first-order chi connectivity index (χ1) is 14.5. The van der Waals surface area contributed by atoms with Crippen LogP contribution >= 0.6 is 0 Å². The number of nitrogens with one attached hydrogen (secondary N) is 1. The summed E-state index contributed by atoms with van der Waals surface area (Å²) < 4.78 is 7.29. The number of hydrogen-bond acceptors (Lipinski definition) is 6. The Kier molecular flexibility index (Phi) is 8.13. The van der Waals surface area contributed by atoms with Crippen LogP contribution in [-0.2, 0) is 6.54 Å². The standard InChI is InChI=1S/C22H38N6O2/c1-4-5-14-30-21-25-19(23)18-20(26-21)28(22(29)24-18)12-7-9-17-8-6-11-27(15-17)13-10-16(2)3/h16-17H,4-15H2,1-3H3,(H,24,29)(H2,23,25,26). The van der Waals surface area contributed by atoms with Crippen molar-refractivity contribution in [3.05, 3.63) is 10.5 Å². The van der Waals surface area contributed by atoms with Crippen LogP contribution in [0.2, 0.25) is 0 Å². The molecule has 3 N–H and O–H groups in total. The van der Waals surface area contributed by atoms with Crippen LogP contribution in [0.1, 0.15) is 65.7 Å². The summed E-state index contributed by atoms with van der Waals surface area (Å²) in [5.41, 5.74) is 6.90. The molecule has 0 amide bonds. The van der Waals surface area contributed by atoms with Gasteiger partial charge in [-0.05, 0) is 63.5 Å². The molecule has 8 heteroatoms. The summed E-state index contributed by atoms with van der Waals surface area (Å²) in [5.74, 6) is 1.72. The summed E-state index contributed by atoms with van der Waals surface area (Å²) in [7, 11) is 0. The lowest BCUT2D eigenvalue weighted by molar-refractivity contribution is 0.159. The van der Waals surface area contributed by atoms with E-state index in [4.69, 9.17) is 10.5 Å². The molecule has 8 nitrogen and oxygen atoms in total. The number of anilines is 1. The van der Waals surface area contributed by atoms with Crippen molar-refractivity contribution in [2.45, 2.75) is 72.3 Å². The van der Waals surface area contributed by atoms with E-state index in [1.54, 1.807) is 4.57 Å². The third kappa shape index (κ3) is 5.97. The van der Waals surface area contributed by atoms with Gasteiger partial charge in [0.25, 0.3) is 0 Å². The van der Waals surface area contributed by atoms with E-state index < -0.39 is 0 Å². The number of aromatic amines is 1. The number of imidazole rings is 1. The van der Waals surface area contributed by atoms with E-state index in [0.29, 0.717) is 30.2 Å². The van der Waals surface area contributed by atoms with Crippen molar-refractivity contribution in [2.24, 2.45) is 11.8 Å². The highest BCUT2D eigenvalue weighted by Gasteiger charge is 2.20. The molecule has 0 bridgehead atoms. The van der Waals surface area contributed by atoms with Crippen LogP contribution in [0.25, 0.3) is 11.2 Å². The summed E-state index contributed by atoms with van der Waals surface area (Å²) in [6, 6.07) is 0.245. The second kappa shape index (κ2) is 10.8. The highest BCUT2D eigenvalue weighted by atomic mass is 16.5. The zero-order valence-corrected chi connectivity index (χ0v) is 18.8. The second-order valence-corrected chi connectivity index (χ2v) is 9.01. The first kappa shape index (κ1) is 22.6. The van der Waals surface area contributed by atoms with Gasteiger partial charge in [-0.1, -0.05) is 27.2 Å². The highest BCUT2D eigenvalue weighted by Crippen LogP contribution is 2.23. The fraction of sp³-hybridized carbons (Fsp3) is 0.773. The largest absolute Gasteiger partial charge is 0.463 e. The predicted molar refractivity (Wildman–Crippen MR) is 121 cm³/mol. The monoisotopic (exact) mass is 418 g/mol. The van der Waals surface area contributed by atoms with Gasteiger partial charge in [0.2, 0.25) is 0 Å². The number of ether oxygens (including phenoxy) is 1. The summed E-state index contributed by atoms with van der Waals surface area (Å²) in [6.45, 7) is 11.5. The lowest BCUT2D eigenvalue weighted by Crippen LogP contribution is -2.36. The molecule has 1 aliphatic heterocycles. The van der Waals surface area contributed by atoms with Crippen molar-refractivity contribution in [2.75, 3.05) is 32.0 Å². The molecule has 1 aliphatic rings. The van der Waals surface area contributed by atoms with Crippen molar-refractivity contribution in [1.82, 2.24) is 24.4 Å². The van der Waals surface area contributed by atoms with Crippen molar-refractivity contribution >= 4 is 17.0 Å². The maximum Gasteiger partial charge on any atom is 0.327 e. The van der Waals surface area contributed by atoms with Crippen LogP contribution in [0.3, 0.4) is 0 Å². The number of unbranched alkanes of at least 4 members (excludes halogenated alkanes) is 1. The zero-order valence-electron chi connectivity index (χ0n) is 18.8. The Labute approximate surface area is 179 Å². The van der Waals surface area contributed by atoms with Crippen molar-refractivity contribution in [1.29, 1.82) is 0 Å². The van der Waals surface area contributed by atoms with E-state index in [9.17, 15) is 4.79 Å². The lowest BCUT2D eigenvalue weighted by atomic mass is 9.93. The van der Waals surface area contributed by atoms with Crippen molar-refractivity contribution < 1.29 is 4.74 Å². The molecule has 3 heterocycles. The topological polar surface area (TPSA) is 102 Å². The van der Waals surface area contributed by atoms with E-state index in [-0.39, 0.29) is 17.5 Å². The van der Waals surface area contributed by atoms with Gasteiger partial charge in [-0.2, -0.15) is 9.97 Å². The molecule has 0 spiro atoms. The SMILES string of the molecule is CCCCOc1nc(N)c2[nH]c(=O)n(CCCC3CCCN(CCC(C)C)C3)c2n1. The van der Waals surface area contributed by atoms with Gasteiger partial charge in [0.1, 0.15) is 5.52 Å². The van der Waals surface area contributed by atoms with Crippen molar-refractivity contribution in [3.63, 3.8) is 0 Å². The molecule has 1 atom stereocenters. The molecule has 1 saturated heterocycles. The number of likely N-dealkylation sites (tertiary alicyclic amines) is 1. The molecule has 0 saturated carbocycles. The maximum absolute atomic E-state index is 12.5. The Bertz CT molecular complexity index is 859. The minimum atomic E-state index is -0.182. The number of nitrogen functional groups attached to an aromatic ring is 1. The number of nitrogens with two attached hydrogens (primary N) is 1. The molecule has 2 aromatic heterocycles. The van der Waals surface area contributed by atoms with E-state index in [1.165, 1.54) is 38.9 Å². The number of H-pyrrole nitrogens is 1. The fourth-order valence-electron chi connectivity index (χ4n) is 4.18. The number of fused-ring (bicyclic) bond motifs is 1. The Balaban J connectivity index is 1.60. The summed E-state index contributed by atoms with van der Waals surface area (Å²) in [6.07, 6.45) is 7.85. The smallest absolute Gasteiger partial charge is 0.327 e. The summed E-state index contributed by atoms with van der Waals surface area (Å²) in [5, 5.41) is 0. The molecular formula is C22H38N6O2. The normalized spacial score (nSPS) is 17.8. The number of nitrogens with zero attached hydrogens (tertiary/aromatic N) is 4. The van der Waals surface area contributed by atoms with Crippen LogP contribution in [0, 0.1) is 11.8 Å². The Hall–Kier alpha value is -2.09. The molecular weight excluding hydrogens is 380 g/mol. The van der Waals surface area contributed by atoms with E-state index in [0.717, 1.165) is 31.6 Å².